The Labute approximate surface area is 155 Å². The number of benzene rings is 2. The molecule has 2 aromatic carbocycles. The highest BCUT2D eigenvalue weighted by Gasteiger charge is 2.14. The molecule has 134 valence electrons. The number of carbonyl (C=O) groups is 3. The molecule has 0 aliphatic heterocycles. The van der Waals surface area contributed by atoms with Gasteiger partial charge in [0.25, 0.3) is 0 Å². The second kappa shape index (κ2) is 8.82. The number of carbonyl (C=O) groups excluding carboxylic acids is 3. The van der Waals surface area contributed by atoms with Gasteiger partial charge in [-0.25, -0.2) is 9.59 Å². The third-order valence-electron chi connectivity index (χ3n) is 3.36. The summed E-state index contributed by atoms with van der Waals surface area (Å²) in [6.07, 6.45) is 2.85. The average molecular weight is 374 g/mol. The third kappa shape index (κ3) is 4.94. The third-order valence-corrected chi connectivity index (χ3v) is 3.71. The molecule has 0 aliphatic carbocycles. The minimum absolute atomic E-state index is 0.112. The lowest BCUT2D eigenvalue weighted by molar-refractivity contribution is -0.111. The highest BCUT2D eigenvalue weighted by atomic mass is 35.5. The highest BCUT2D eigenvalue weighted by molar-refractivity contribution is 6.32. The van der Waals surface area contributed by atoms with Gasteiger partial charge in [-0.2, -0.15) is 0 Å². The predicted octanol–water partition coefficient (Wildman–Crippen LogP) is 3.57. The Morgan fingerprint density at radius 3 is 2.08 bits per heavy atom. The topological polar surface area (TPSA) is 81.7 Å². The van der Waals surface area contributed by atoms with Crippen molar-refractivity contribution in [1.82, 2.24) is 0 Å². The van der Waals surface area contributed by atoms with E-state index >= 15 is 0 Å². The van der Waals surface area contributed by atoms with Crippen LogP contribution >= 0.6 is 11.6 Å². The van der Waals surface area contributed by atoms with E-state index in [0.717, 1.165) is 0 Å². The SMILES string of the molecule is COC(=O)c1cc(NC(=O)C=Cc2ccccc2Cl)cc(C(=O)OC)c1. The van der Waals surface area contributed by atoms with E-state index in [9.17, 15) is 14.4 Å². The Bertz CT molecular complexity index is 842. The van der Waals surface area contributed by atoms with Crippen LogP contribution in [0, 0.1) is 0 Å². The van der Waals surface area contributed by atoms with Gasteiger partial charge in [0, 0.05) is 16.8 Å². The Kier molecular flexibility index (Phi) is 6.52. The molecule has 0 bridgehead atoms. The molecule has 0 atom stereocenters. The number of rotatable bonds is 5. The summed E-state index contributed by atoms with van der Waals surface area (Å²) in [5.74, 6) is -1.74. The van der Waals surface area contributed by atoms with Crippen LogP contribution in [0.1, 0.15) is 26.3 Å². The summed E-state index contributed by atoms with van der Waals surface area (Å²) in [6, 6.07) is 11.2. The summed E-state index contributed by atoms with van der Waals surface area (Å²) in [5, 5.41) is 3.10. The minimum atomic E-state index is -0.641. The zero-order valence-corrected chi connectivity index (χ0v) is 14.9. The van der Waals surface area contributed by atoms with Crippen LogP contribution in [0.25, 0.3) is 6.08 Å². The maximum Gasteiger partial charge on any atom is 0.337 e. The quantitative estimate of drug-likeness (QED) is 0.640. The summed E-state index contributed by atoms with van der Waals surface area (Å²) in [6.45, 7) is 0. The number of amides is 1. The van der Waals surface area contributed by atoms with Gasteiger partial charge in [0.1, 0.15) is 0 Å². The number of methoxy groups -OCH3 is 2. The first-order chi connectivity index (χ1) is 12.4. The number of anilines is 1. The molecule has 1 amide bonds. The lowest BCUT2D eigenvalue weighted by Gasteiger charge is -2.08. The van der Waals surface area contributed by atoms with Crippen molar-refractivity contribution in [2.75, 3.05) is 19.5 Å². The van der Waals surface area contributed by atoms with Crippen LogP contribution in [-0.4, -0.2) is 32.1 Å². The van der Waals surface area contributed by atoms with Crippen LogP contribution in [0.2, 0.25) is 5.02 Å². The lowest BCUT2D eigenvalue weighted by atomic mass is 10.1. The van der Waals surface area contributed by atoms with Crippen molar-refractivity contribution in [2.45, 2.75) is 0 Å². The summed E-state index contributed by atoms with van der Waals surface area (Å²) in [7, 11) is 2.44. The first-order valence-corrected chi connectivity index (χ1v) is 7.87. The van der Waals surface area contributed by atoms with Gasteiger partial charge in [0.15, 0.2) is 0 Å². The number of esters is 2. The van der Waals surface area contributed by atoms with Gasteiger partial charge >= 0.3 is 11.9 Å². The van der Waals surface area contributed by atoms with Gasteiger partial charge in [-0.1, -0.05) is 29.8 Å². The van der Waals surface area contributed by atoms with Crippen LogP contribution < -0.4 is 5.32 Å². The lowest BCUT2D eigenvalue weighted by Crippen LogP contribution is -2.12. The van der Waals surface area contributed by atoms with Crippen molar-refractivity contribution in [3.8, 4) is 0 Å². The van der Waals surface area contributed by atoms with E-state index in [4.69, 9.17) is 11.6 Å². The molecule has 0 aliphatic rings. The van der Waals surface area contributed by atoms with Crippen LogP contribution in [-0.2, 0) is 14.3 Å². The van der Waals surface area contributed by atoms with Crippen molar-refractivity contribution in [2.24, 2.45) is 0 Å². The van der Waals surface area contributed by atoms with E-state index in [1.165, 1.54) is 38.5 Å². The molecule has 0 aromatic heterocycles. The van der Waals surface area contributed by atoms with Crippen LogP contribution in [0.15, 0.2) is 48.5 Å². The Morgan fingerprint density at radius 1 is 0.962 bits per heavy atom. The molecular weight excluding hydrogens is 358 g/mol. The fraction of sp³-hybridized carbons (Fsp3) is 0.105. The number of hydrogen-bond donors (Lipinski definition) is 1. The molecule has 2 aromatic rings. The van der Waals surface area contributed by atoms with Crippen molar-refractivity contribution < 1.29 is 23.9 Å². The molecule has 7 heteroatoms. The molecule has 1 N–H and O–H groups in total. The highest BCUT2D eigenvalue weighted by Crippen LogP contribution is 2.18. The molecule has 0 spiro atoms. The first kappa shape index (κ1) is 19.2. The molecule has 0 fully saturated rings. The first-order valence-electron chi connectivity index (χ1n) is 7.50. The fourth-order valence-electron chi connectivity index (χ4n) is 2.13. The zero-order chi connectivity index (χ0) is 19.1. The summed E-state index contributed by atoms with van der Waals surface area (Å²) >= 11 is 6.03. The molecule has 0 unspecified atom stereocenters. The molecule has 0 saturated carbocycles. The van der Waals surface area contributed by atoms with Gasteiger partial charge in [0.2, 0.25) is 5.91 Å². The second-order valence-electron chi connectivity index (χ2n) is 5.13. The van der Waals surface area contributed by atoms with Crippen molar-refractivity contribution in [1.29, 1.82) is 0 Å². The van der Waals surface area contributed by atoms with Crippen LogP contribution in [0.5, 0.6) is 0 Å². The molecule has 0 radical (unpaired) electrons. The second-order valence-corrected chi connectivity index (χ2v) is 5.53. The minimum Gasteiger partial charge on any atom is -0.465 e. The van der Waals surface area contributed by atoms with Crippen molar-refractivity contribution >= 4 is 41.2 Å². The molecule has 0 heterocycles. The van der Waals surface area contributed by atoms with E-state index < -0.39 is 17.8 Å². The van der Waals surface area contributed by atoms with E-state index in [2.05, 4.69) is 14.8 Å². The molecule has 0 saturated heterocycles. The number of nitrogens with one attached hydrogen (secondary N) is 1. The Hall–Kier alpha value is -3.12. The van der Waals surface area contributed by atoms with E-state index in [-0.39, 0.29) is 16.8 Å². The summed E-state index contributed by atoms with van der Waals surface area (Å²) in [5.41, 5.74) is 1.16. The number of hydrogen-bond acceptors (Lipinski definition) is 5. The zero-order valence-electron chi connectivity index (χ0n) is 14.1. The smallest absolute Gasteiger partial charge is 0.337 e. The molecule has 2 rings (SSSR count). The van der Waals surface area contributed by atoms with Gasteiger partial charge in [0.05, 0.1) is 25.3 Å². The molecule has 26 heavy (non-hydrogen) atoms. The summed E-state index contributed by atoms with van der Waals surface area (Å²) < 4.78 is 9.30. The van der Waals surface area contributed by atoms with Gasteiger partial charge in [-0.05, 0) is 35.9 Å². The Balaban J connectivity index is 2.24. The predicted molar refractivity (Wildman–Crippen MR) is 98.2 cm³/mol. The van der Waals surface area contributed by atoms with Gasteiger partial charge in [-0.15, -0.1) is 0 Å². The summed E-state index contributed by atoms with van der Waals surface area (Å²) in [4.78, 5) is 35.6. The van der Waals surface area contributed by atoms with Crippen LogP contribution in [0.4, 0.5) is 5.69 Å². The maximum absolute atomic E-state index is 12.1. The van der Waals surface area contributed by atoms with E-state index in [0.29, 0.717) is 10.6 Å². The van der Waals surface area contributed by atoms with Crippen molar-refractivity contribution in [3.05, 3.63) is 70.3 Å². The largest absolute Gasteiger partial charge is 0.465 e. The number of halogens is 1. The fourth-order valence-corrected chi connectivity index (χ4v) is 2.33. The van der Waals surface area contributed by atoms with Crippen molar-refractivity contribution in [3.63, 3.8) is 0 Å². The van der Waals surface area contributed by atoms with E-state index in [1.54, 1.807) is 30.3 Å². The maximum atomic E-state index is 12.1. The Morgan fingerprint density at radius 2 is 1.54 bits per heavy atom. The van der Waals surface area contributed by atoms with Crippen LogP contribution in [0.3, 0.4) is 0 Å². The monoisotopic (exact) mass is 373 g/mol. The number of ether oxygens (including phenoxy) is 2. The average Bonchev–Trinajstić information content (AvgIpc) is 2.65. The molecular formula is C19H16ClNO5. The normalized spacial score (nSPS) is 10.4. The van der Waals surface area contributed by atoms with Gasteiger partial charge < -0.3 is 14.8 Å². The van der Waals surface area contributed by atoms with E-state index in [1.807, 2.05) is 0 Å². The molecule has 6 nitrogen and oxygen atoms in total. The van der Waals surface area contributed by atoms with Gasteiger partial charge in [-0.3, -0.25) is 4.79 Å². The standard InChI is InChI=1S/C19H16ClNO5/c1-25-18(23)13-9-14(19(24)26-2)11-15(10-13)21-17(22)8-7-12-5-3-4-6-16(12)20/h3-11H,1-2H3,(H,21,22).